The lowest BCUT2D eigenvalue weighted by molar-refractivity contribution is -0.120. The molecule has 1 aliphatic heterocycles. The normalized spacial score (nSPS) is 13.5. The fourth-order valence-electron chi connectivity index (χ4n) is 3.38. The summed E-state index contributed by atoms with van der Waals surface area (Å²) in [4.78, 5) is 39.2. The lowest BCUT2D eigenvalue weighted by Crippen LogP contribution is -2.33. The van der Waals surface area contributed by atoms with Crippen molar-refractivity contribution >= 4 is 52.4 Å². The van der Waals surface area contributed by atoms with Gasteiger partial charge in [0.15, 0.2) is 0 Å². The number of imide groups is 1. The van der Waals surface area contributed by atoms with Crippen LogP contribution in [0, 0.1) is 0 Å². The van der Waals surface area contributed by atoms with E-state index in [9.17, 15) is 14.4 Å². The number of ether oxygens (including phenoxy) is 1. The molecule has 33 heavy (non-hydrogen) atoms. The number of aryl methyl sites for hydroxylation is 1. The monoisotopic (exact) mass is 480 g/mol. The third-order valence-corrected chi connectivity index (χ3v) is 5.73. The number of nitrogens with one attached hydrogen (secondary N) is 1. The highest BCUT2D eigenvalue weighted by Crippen LogP contribution is 2.32. The number of halogens is 2. The minimum absolute atomic E-state index is 0.0287. The molecule has 0 unspecified atom stereocenters. The largest absolute Gasteiger partial charge is 0.421 e. The fourth-order valence-corrected chi connectivity index (χ4v) is 3.77. The summed E-state index contributed by atoms with van der Waals surface area (Å²) in [6.45, 7) is 1.94. The number of carbonyl (C=O) groups is 3. The van der Waals surface area contributed by atoms with E-state index in [1.54, 1.807) is 48.5 Å². The van der Waals surface area contributed by atoms with Gasteiger partial charge in [-0.3, -0.25) is 9.59 Å². The van der Waals surface area contributed by atoms with Crippen molar-refractivity contribution in [3.8, 4) is 5.75 Å². The number of amides is 2. The predicted molar refractivity (Wildman–Crippen MR) is 128 cm³/mol. The third-order valence-electron chi connectivity index (χ3n) is 5.07. The maximum absolute atomic E-state index is 13.0. The van der Waals surface area contributed by atoms with E-state index < -0.39 is 17.8 Å². The lowest BCUT2D eigenvalue weighted by atomic mass is 10.1. The van der Waals surface area contributed by atoms with E-state index in [1.807, 2.05) is 19.1 Å². The van der Waals surface area contributed by atoms with E-state index in [1.165, 1.54) is 12.1 Å². The molecule has 0 aromatic heterocycles. The quantitative estimate of drug-likeness (QED) is 0.284. The van der Waals surface area contributed by atoms with Crippen LogP contribution in [0.2, 0.25) is 5.02 Å². The number of hydrogen-bond acceptors (Lipinski definition) is 5. The van der Waals surface area contributed by atoms with E-state index in [2.05, 4.69) is 5.32 Å². The van der Waals surface area contributed by atoms with Gasteiger partial charge in [0.2, 0.25) is 0 Å². The van der Waals surface area contributed by atoms with Gasteiger partial charge < -0.3 is 10.1 Å². The SMILES string of the molecule is CCc1ccccc1N1C(=O)C(Cl)=C(Nc2ccc(C(=O)Oc3ccccc3Cl)cc2)C1=O. The number of nitrogens with zero attached hydrogens (tertiary/aromatic N) is 1. The van der Waals surface area contributed by atoms with Crippen LogP contribution < -0.4 is 15.0 Å². The standard InChI is InChI=1S/C25H18Cl2N2O4/c1-2-15-7-3-5-9-19(15)29-23(30)21(27)22(24(29)31)28-17-13-11-16(12-14-17)25(32)33-20-10-6-4-8-18(20)26/h3-14,28H,2H2,1H3. The zero-order valence-electron chi connectivity index (χ0n) is 17.5. The molecule has 8 heteroatoms. The fraction of sp³-hybridized carbons (Fsp3) is 0.0800. The number of hydrogen-bond donors (Lipinski definition) is 1. The molecule has 0 aliphatic carbocycles. The molecule has 0 atom stereocenters. The van der Waals surface area contributed by atoms with Crippen molar-refractivity contribution in [3.05, 3.63) is 99.7 Å². The summed E-state index contributed by atoms with van der Waals surface area (Å²) in [6.07, 6.45) is 0.652. The summed E-state index contributed by atoms with van der Waals surface area (Å²) in [5.74, 6) is -1.47. The minimum Gasteiger partial charge on any atom is -0.421 e. The smallest absolute Gasteiger partial charge is 0.343 e. The van der Waals surface area contributed by atoms with Crippen LogP contribution in [0.15, 0.2) is 83.5 Å². The summed E-state index contributed by atoms with van der Waals surface area (Å²) in [7, 11) is 0. The first-order valence-corrected chi connectivity index (χ1v) is 10.9. The summed E-state index contributed by atoms with van der Waals surface area (Å²) >= 11 is 12.2. The van der Waals surface area contributed by atoms with Crippen LogP contribution in [-0.4, -0.2) is 17.8 Å². The first kappa shape index (κ1) is 22.6. The number of esters is 1. The average molecular weight is 481 g/mol. The van der Waals surface area contributed by atoms with Gasteiger partial charge in [0.25, 0.3) is 11.8 Å². The molecule has 2 amide bonds. The Morgan fingerprint density at radius 3 is 2.27 bits per heavy atom. The van der Waals surface area contributed by atoms with Crippen molar-refractivity contribution in [1.82, 2.24) is 0 Å². The van der Waals surface area contributed by atoms with Gasteiger partial charge in [0, 0.05) is 5.69 Å². The Bertz CT molecular complexity index is 1290. The van der Waals surface area contributed by atoms with Gasteiger partial charge in [0.1, 0.15) is 16.5 Å². The van der Waals surface area contributed by atoms with Crippen LogP contribution in [-0.2, 0) is 16.0 Å². The molecule has 1 aliphatic rings. The number of para-hydroxylation sites is 2. The third kappa shape index (κ3) is 4.49. The second-order valence-corrected chi connectivity index (χ2v) is 7.92. The Hall–Kier alpha value is -3.61. The summed E-state index contributed by atoms with van der Waals surface area (Å²) in [5, 5.41) is 3.02. The Balaban J connectivity index is 1.51. The average Bonchev–Trinajstić information content (AvgIpc) is 3.04. The van der Waals surface area contributed by atoms with Crippen LogP contribution in [0.3, 0.4) is 0 Å². The van der Waals surface area contributed by atoms with Gasteiger partial charge in [0.05, 0.1) is 16.3 Å². The van der Waals surface area contributed by atoms with E-state index in [-0.39, 0.29) is 22.0 Å². The van der Waals surface area contributed by atoms with Crippen LogP contribution in [0.4, 0.5) is 11.4 Å². The van der Waals surface area contributed by atoms with E-state index in [4.69, 9.17) is 27.9 Å². The first-order valence-electron chi connectivity index (χ1n) is 10.1. The number of carbonyl (C=O) groups excluding carboxylic acids is 3. The Morgan fingerprint density at radius 2 is 1.58 bits per heavy atom. The highest BCUT2D eigenvalue weighted by molar-refractivity contribution is 6.53. The van der Waals surface area contributed by atoms with Crippen molar-refractivity contribution in [2.24, 2.45) is 0 Å². The number of anilines is 2. The molecule has 3 aromatic carbocycles. The molecule has 0 saturated carbocycles. The van der Waals surface area contributed by atoms with Crippen LogP contribution in [0.1, 0.15) is 22.8 Å². The highest BCUT2D eigenvalue weighted by Gasteiger charge is 2.39. The molecule has 0 fully saturated rings. The molecule has 6 nitrogen and oxygen atoms in total. The minimum atomic E-state index is -0.593. The topological polar surface area (TPSA) is 75.7 Å². The van der Waals surface area contributed by atoms with Gasteiger partial charge in [-0.25, -0.2) is 9.69 Å². The molecular formula is C25H18Cl2N2O4. The molecule has 4 rings (SSSR count). The molecule has 0 saturated heterocycles. The zero-order valence-corrected chi connectivity index (χ0v) is 19.0. The highest BCUT2D eigenvalue weighted by atomic mass is 35.5. The second-order valence-electron chi connectivity index (χ2n) is 7.14. The maximum Gasteiger partial charge on any atom is 0.343 e. The van der Waals surface area contributed by atoms with Crippen molar-refractivity contribution in [1.29, 1.82) is 0 Å². The Morgan fingerprint density at radius 1 is 0.909 bits per heavy atom. The molecule has 166 valence electrons. The molecular weight excluding hydrogens is 463 g/mol. The summed E-state index contributed by atoms with van der Waals surface area (Å²) in [6, 6.07) is 20.1. The van der Waals surface area contributed by atoms with E-state index in [0.29, 0.717) is 22.8 Å². The summed E-state index contributed by atoms with van der Waals surface area (Å²) in [5.41, 5.74) is 2.09. The molecule has 3 aromatic rings. The first-order chi connectivity index (χ1) is 15.9. The van der Waals surface area contributed by atoms with Gasteiger partial charge in [-0.15, -0.1) is 0 Å². The Kier molecular flexibility index (Phi) is 6.49. The lowest BCUT2D eigenvalue weighted by Gasteiger charge is -2.18. The van der Waals surface area contributed by atoms with Gasteiger partial charge in [-0.1, -0.05) is 60.5 Å². The molecule has 1 heterocycles. The number of benzene rings is 3. The van der Waals surface area contributed by atoms with Crippen LogP contribution in [0.25, 0.3) is 0 Å². The van der Waals surface area contributed by atoms with Gasteiger partial charge in [-0.05, 0) is 54.4 Å². The van der Waals surface area contributed by atoms with E-state index >= 15 is 0 Å². The van der Waals surface area contributed by atoms with Crippen molar-refractivity contribution < 1.29 is 19.1 Å². The van der Waals surface area contributed by atoms with E-state index in [0.717, 1.165) is 10.5 Å². The van der Waals surface area contributed by atoms with Crippen molar-refractivity contribution in [2.75, 3.05) is 10.2 Å². The van der Waals surface area contributed by atoms with Crippen LogP contribution >= 0.6 is 23.2 Å². The molecule has 0 bridgehead atoms. The molecule has 1 N–H and O–H groups in total. The second kappa shape index (κ2) is 9.48. The van der Waals surface area contributed by atoms with Crippen molar-refractivity contribution in [3.63, 3.8) is 0 Å². The number of rotatable bonds is 6. The van der Waals surface area contributed by atoms with Gasteiger partial charge >= 0.3 is 5.97 Å². The summed E-state index contributed by atoms with van der Waals surface area (Å²) < 4.78 is 5.31. The zero-order chi connectivity index (χ0) is 23.5. The van der Waals surface area contributed by atoms with Crippen LogP contribution in [0.5, 0.6) is 5.75 Å². The Labute approximate surface area is 200 Å². The van der Waals surface area contributed by atoms with Crippen molar-refractivity contribution in [2.45, 2.75) is 13.3 Å². The maximum atomic E-state index is 13.0. The van der Waals surface area contributed by atoms with Gasteiger partial charge in [-0.2, -0.15) is 0 Å². The predicted octanol–water partition coefficient (Wildman–Crippen LogP) is 5.56. The molecule has 0 spiro atoms. The molecule has 0 radical (unpaired) electrons.